The van der Waals surface area contributed by atoms with Crippen LogP contribution in [0.15, 0.2) is 49.2 Å². The van der Waals surface area contributed by atoms with Gasteiger partial charge in [-0.2, -0.15) is 0 Å². The van der Waals surface area contributed by atoms with Crippen LogP contribution in [0.5, 0.6) is 0 Å². The van der Waals surface area contributed by atoms with E-state index in [4.69, 9.17) is 9.98 Å². The second-order valence-corrected chi connectivity index (χ2v) is 11.1. The van der Waals surface area contributed by atoms with Crippen molar-refractivity contribution in [1.29, 1.82) is 0 Å². The molecule has 0 atom stereocenters. The van der Waals surface area contributed by atoms with E-state index < -0.39 is 0 Å². The number of nitrogens with zero attached hydrogens (tertiary/aromatic N) is 2. The number of aliphatic imine (C=N–C) groups is 2. The summed E-state index contributed by atoms with van der Waals surface area (Å²) in [4.78, 5) is 17.3. The van der Waals surface area contributed by atoms with Gasteiger partial charge in [0.2, 0.25) is 0 Å². The summed E-state index contributed by atoms with van der Waals surface area (Å²) >= 11 is 0. The first-order valence-corrected chi connectivity index (χ1v) is 13.2. The molecule has 0 amide bonds. The predicted molar refractivity (Wildman–Crippen MR) is 161 cm³/mol. The molecule has 2 aliphatic heterocycles. The van der Waals surface area contributed by atoms with Gasteiger partial charge in [-0.1, -0.05) is 5.57 Å². The van der Waals surface area contributed by atoms with Gasteiger partial charge in [0.25, 0.3) is 0 Å². The molecule has 0 bridgehead atoms. The number of hydrogen-bond acceptors (Lipinski definition) is 2. The molecule has 0 fully saturated rings. The summed E-state index contributed by atoms with van der Waals surface area (Å²) in [7, 11) is 0. The Balaban J connectivity index is 1.93. The van der Waals surface area contributed by atoms with Crippen LogP contribution in [0.25, 0.3) is 16.7 Å². The van der Waals surface area contributed by atoms with E-state index in [-0.39, 0.29) is 0 Å². The van der Waals surface area contributed by atoms with E-state index in [1.807, 2.05) is 6.21 Å². The summed E-state index contributed by atoms with van der Waals surface area (Å²) in [6, 6.07) is 0. The van der Waals surface area contributed by atoms with E-state index >= 15 is 0 Å². The predicted octanol–water partition coefficient (Wildman–Crippen LogP) is 7.20. The van der Waals surface area contributed by atoms with Crippen molar-refractivity contribution >= 4 is 28.6 Å². The first-order valence-electron chi connectivity index (χ1n) is 13.2. The molecule has 194 valence electrons. The maximum absolute atomic E-state index is 5.04. The van der Waals surface area contributed by atoms with Crippen molar-refractivity contribution in [3.63, 3.8) is 0 Å². The Morgan fingerprint density at radius 1 is 0.568 bits per heavy atom. The summed E-state index contributed by atoms with van der Waals surface area (Å²) in [5.74, 6) is 0. The van der Waals surface area contributed by atoms with E-state index in [2.05, 4.69) is 100.0 Å². The number of aromatic nitrogens is 2. The molecular formula is C33H42N4. The van der Waals surface area contributed by atoms with Crippen molar-refractivity contribution in [3.05, 3.63) is 83.6 Å². The number of allylic oxidation sites excluding steroid dienone is 6. The molecule has 0 unspecified atom stereocenters. The van der Waals surface area contributed by atoms with Gasteiger partial charge in [0, 0.05) is 28.3 Å². The van der Waals surface area contributed by atoms with Gasteiger partial charge in [0.05, 0.1) is 17.1 Å². The smallest absolute Gasteiger partial charge is 0.0719 e. The van der Waals surface area contributed by atoms with Gasteiger partial charge in [-0.3, -0.25) is 4.99 Å². The van der Waals surface area contributed by atoms with Gasteiger partial charge in [0.1, 0.15) is 0 Å². The molecule has 2 aromatic rings. The summed E-state index contributed by atoms with van der Waals surface area (Å²) in [5, 5.41) is 2.35. The molecule has 4 heterocycles. The Bertz CT molecular complexity index is 1660. The molecule has 37 heavy (non-hydrogen) atoms. The van der Waals surface area contributed by atoms with Crippen molar-refractivity contribution in [2.24, 2.45) is 9.98 Å². The lowest BCUT2D eigenvalue weighted by atomic mass is 10.0. The number of H-pyrrole nitrogens is 2. The maximum atomic E-state index is 5.04. The highest BCUT2D eigenvalue weighted by Gasteiger charge is 2.22. The summed E-state index contributed by atoms with van der Waals surface area (Å²) < 4.78 is 0. The molecule has 4 nitrogen and oxygen atoms in total. The van der Waals surface area contributed by atoms with E-state index in [1.165, 1.54) is 88.9 Å². The molecule has 0 aromatic carbocycles. The Hall–Kier alpha value is -3.40. The third-order valence-electron chi connectivity index (χ3n) is 8.64. The SMILES string of the molecule is CC(C)=C1N=C(/C(C)=c2\[nH]/c(=C(/C)c3[nH]c(/C(C)=C4\N=CC(C)=C4C)c(C)c3C)c(C)c2C)C(C)=C1C. The van der Waals surface area contributed by atoms with E-state index in [9.17, 15) is 0 Å². The van der Waals surface area contributed by atoms with Crippen LogP contribution in [-0.2, 0) is 0 Å². The minimum absolute atomic E-state index is 1.08. The highest BCUT2D eigenvalue weighted by molar-refractivity contribution is 6.28. The first-order chi connectivity index (χ1) is 17.3. The van der Waals surface area contributed by atoms with Gasteiger partial charge in [-0.15, -0.1) is 0 Å². The van der Waals surface area contributed by atoms with Gasteiger partial charge in [0.15, 0.2) is 0 Å². The van der Waals surface area contributed by atoms with Crippen molar-refractivity contribution in [3.8, 4) is 0 Å². The molecule has 0 radical (unpaired) electrons. The number of nitrogens with one attached hydrogen (secondary N) is 2. The van der Waals surface area contributed by atoms with Crippen molar-refractivity contribution in [1.82, 2.24) is 9.97 Å². The Kier molecular flexibility index (Phi) is 6.83. The standard InChI is InChI=1S/C33H42N4/c1-15(2)27-18(5)19(6)30(35-27)25(12)31-22(9)23(10)33(37-31)26(13)32-21(8)20(7)29(36-32)24(11)28-17(4)16(3)14-34-28/h14,36-37H,1-13H3/b28-24-,31-25-,33-26-. The molecule has 2 N–H and O–H groups in total. The lowest BCUT2D eigenvalue weighted by molar-refractivity contribution is 1.19. The fraction of sp³-hybridized carbons (Fsp3) is 0.394. The minimum atomic E-state index is 1.08. The maximum Gasteiger partial charge on any atom is 0.0719 e. The Morgan fingerprint density at radius 2 is 1.11 bits per heavy atom. The van der Waals surface area contributed by atoms with Crippen LogP contribution in [0.3, 0.4) is 0 Å². The van der Waals surface area contributed by atoms with Crippen LogP contribution in [-0.4, -0.2) is 21.9 Å². The fourth-order valence-corrected chi connectivity index (χ4v) is 5.64. The van der Waals surface area contributed by atoms with E-state index in [1.54, 1.807) is 0 Å². The third kappa shape index (κ3) is 4.17. The highest BCUT2D eigenvalue weighted by Crippen LogP contribution is 2.33. The summed E-state index contributed by atoms with van der Waals surface area (Å²) in [6.07, 6.45) is 1.97. The van der Waals surface area contributed by atoms with Gasteiger partial charge in [-0.25, -0.2) is 4.99 Å². The zero-order valence-electron chi connectivity index (χ0n) is 25.0. The van der Waals surface area contributed by atoms with Crippen LogP contribution in [0.1, 0.15) is 96.0 Å². The molecule has 0 saturated heterocycles. The average Bonchev–Trinajstić information content (AvgIpc) is 3.54. The first kappa shape index (κ1) is 26.7. The van der Waals surface area contributed by atoms with Gasteiger partial charge in [-0.05, 0) is 151 Å². The van der Waals surface area contributed by atoms with Gasteiger partial charge < -0.3 is 9.97 Å². The largest absolute Gasteiger partial charge is 0.355 e. The Labute approximate surface area is 222 Å². The van der Waals surface area contributed by atoms with E-state index in [0.29, 0.717) is 0 Å². The van der Waals surface area contributed by atoms with Gasteiger partial charge >= 0.3 is 0 Å². The lowest BCUT2D eigenvalue weighted by Gasteiger charge is -2.06. The molecule has 0 saturated carbocycles. The second kappa shape index (κ2) is 9.48. The monoisotopic (exact) mass is 494 g/mol. The molecule has 2 aliphatic rings. The molecule has 0 aliphatic carbocycles. The van der Waals surface area contributed by atoms with Crippen molar-refractivity contribution in [2.45, 2.75) is 90.0 Å². The van der Waals surface area contributed by atoms with Crippen LogP contribution < -0.4 is 10.7 Å². The lowest BCUT2D eigenvalue weighted by Crippen LogP contribution is -2.19. The second-order valence-electron chi connectivity index (χ2n) is 11.1. The topological polar surface area (TPSA) is 56.3 Å². The zero-order chi connectivity index (χ0) is 27.5. The van der Waals surface area contributed by atoms with E-state index in [0.717, 1.165) is 17.1 Å². The van der Waals surface area contributed by atoms with Crippen LogP contribution >= 0.6 is 0 Å². The molecule has 4 rings (SSSR count). The molecule has 4 heteroatoms. The molecule has 2 aromatic heterocycles. The van der Waals surface area contributed by atoms with Crippen LogP contribution in [0.4, 0.5) is 0 Å². The number of hydrogen-bond donors (Lipinski definition) is 2. The number of rotatable bonds is 3. The van der Waals surface area contributed by atoms with Crippen molar-refractivity contribution in [2.75, 3.05) is 0 Å². The highest BCUT2D eigenvalue weighted by atomic mass is 14.8. The van der Waals surface area contributed by atoms with Crippen LogP contribution in [0, 0.1) is 27.7 Å². The van der Waals surface area contributed by atoms with Crippen LogP contribution in [0.2, 0.25) is 0 Å². The Morgan fingerprint density at radius 3 is 1.59 bits per heavy atom. The third-order valence-corrected chi connectivity index (χ3v) is 8.64. The minimum Gasteiger partial charge on any atom is -0.355 e. The zero-order valence-corrected chi connectivity index (χ0v) is 25.0. The quantitative estimate of drug-likeness (QED) is 0.453. The fourth-order valence-electron chi connectivity index (χ4n) is 5.64. The summed E-state index contributed by atoms with van der Waals surface area (Å²) in [5.41, 5.74) is 20.7. The molecular weight excluding hydrogens is 452 g/mol. The molecule has 0 spiro atoms. The normalized spacial score (nSPS) is 18.8. The van der Waals surface area contributed by atoms with Crippen molar-refractivity contribution < 1.29 is 0 Å². The summed E-state index contributed by atoms with van der Waals surface area (Å²) in [6.45, 7) is 28.4. The average molecular weight is 495 g/mol. The number of aromatic amines is 2.